The van der Waals surface area contributed by atoms with Crippen LogP contribution in [0.1, 0.15) is 58.6 Å². The predicted octanol–water partition coefficient (Wildman–Crippen LogP) is 5.89. The standard InChI is InChI=1S/C25H22N2O5S/c1-13-20-17(7-8-18-21(20)16(28)12-25(32-18)9-3-4-10-25)31-22(13)23(29)27-24-26-15-6-5-14(30-2)11-19(15)33-24/h5-8,11H,3-4,9-10,12H2,1-2H3,(H,26,27,29). The number of rotatable bonds is 3. The summed E-state index contributed by atoms with van der Waals surface area (Å²) in [5.41, 5.74) is 2.06. The van der Waals surface area contributed by atoms with Gasteiger partial charge in [0.2, 0.25) is 0 Å². The number of amides is 1. The van der Waals surface area contributed by atoms with Crippen LogP contribution in [0.3, 0.4) is 0 Å². The van der Waals surface area contributed by atoms with Crippen LogP contribution in [0.25, 0.3) is 21.2 Å². The molecule has 1 aliphatic carbocycles. The Morgan fingerprint density at radius 1 is 1.21 bits per heavy atom. The van der Waals surface area contributed by atoms with Gasteiger partial charge in [-0.2, -0.15) is 0 Å². The Kier molecular flexibility index (Phi) is 4.48. The third kappa shape index (κ3) is 3.20. The summed E-state index contributed by atoms with van der Waals surface area (Å²) < 4.78 is 18.4. The molecule has 0 unspecified atom stereocenters. The second-order valence-corrected chi connectivity index (χ2v) is 9.80. The number of aryl methyl sites for hydroxylation is 1. The van der Waals surface area contributed by atoms with Gasteiger partial charge in [0.15, 0.2) is 16.7 Å². The van der Waals surface area contributed by atoms with Gasteiger partial charge in [-0.15, -0.1) is 0 Å². The van der Waals surface area contributed by atoms with E-state index in [1.165, 1.54) is 11.3 Å². The highest BCUT2D eigenvalue weighted by molar-refractivity contribution is 7.22. The number of hydrogen-bond donors (Lipinski definition) is 1. The van der Waals surface area contributed by atoms with Crippen molar-refractivity contribution < 1.29 is 23.5 Å². The summed E-state index contributed by atoms with van der Waals surface area (Å²) in [6, 6.07) is 9.13. The van der Waals surface area contributed by atoms with Crippen LogP contribution in [0.2, 0.25) is 0 Å². The molecule has 1 aliphatic heterocycles. The molecule has 0 saturated heterocycles. The Hall–Kier alpha value is -3.39. The number of carbonyl (C=O) groups is 2. The van der Waals surface area contributed by atoms with Crippen molar-refractivity contribution in [3.05, 3.63) is 47.2 Å². The van der Waals surface area contributed by atoms with Crippen molar-refractivity contribution in [3.8, 4) is 11.5 Å². The van der Waals surface area contributed by atoms with Crippen LogP contribution in [0.15, 0.2) is 34.7 Å². The van der Waals surface area contributed by atoms with Crippen molar-refractivity contribution in [3.63, 3.8) is 0 Å². The van der Waals surface area contributed by atoms with Crippen molar-refractivity contribution in [2.24, 2.45) is 0 Å². The molecule has 1 saturated carbocycles. The maximum absolute atomic E-state index is 13.2. The summed E-state index contributed by atoms with van der Waals surface area (Å²) in [6.07, 6.45) is 4.35. The van der Waals surface area contributed by atoms with Crippen LogP contribution in [-0.2, 0) is 0 Å². The van der Waals surface area contributed by atoms with Crippen molar-refractivity contribution in [2.45, 2.75) is 44.6 Å². The molecule has 1 amide bonds. The van der Waals surface area contributed by atoms with E-state index in [1.54, 1.807) is 26.2 Å². The highest BCUT2D eigenvalue weighted by Gasteiger charge is 2.43. The van der Waals surface area contributed by atoms with E-state index in [-0.39, 0.29) is 17.1 Å². The molecule has 0 radical (unpaired) electrons. The lowest BCUT2D eigenvalue weighted by atomic mass is 9.87. The van der Waals surface area contributed by atoms with Crippen LogP contribution in [0.5, 0.6) is 11.5 Å². The van der Waals surface area contributed by atoms with E-state index in [0.717, 1.165) is 41.6 Å². The first-order valence-corrected chi connectivity index (χ1v) is 11.8. The predicted molar refractivity (Wildman–Crippen MR) is 126 cm³/mol. The number of nitrogens with one attached hydrogen (secondary N) is 1. The maximum atomic E-state index is 13.2. The van der Waals surface area contributed by atoms with Crippen LogP contribution >= 0.6 is 11.3 Å². The van der Waals surface area contributed by atoms with Crippen LogP contribution < -0.4 is 14.8 Å². The van der Waals surface area contributed by atoms with E-state index in [0.29, 0.717) is 39.4 Å². The Morgan fingerprint density at radius 2 is 2.03 bits per heavy atom. The first kappa shape index (κ1) is 20.2. The lowest BCUT2D eigenvalue weighted by Crippen LogP contribution is -2.39. The van der Waals surface area contributed by atoms with Gasteiger partial charge in [-0.25, -0.2) is 4.98 Å². The minimum atomic E-state index is -0.403. The average molecular weight is 463 g/mol. The van der Waals surface area contributed by atoms with E-state index in [9.17, 15) is 9.59 Å². The van der Waals surface area contributed by atoms with E-state index in [4.69, 9.17) is 13.9 Å². The average Bonchev–Trinajstić information content (AvgIpc) is 3.50. The molecule has 0 atom stereocenters. The number of thiazole rings is 1. The highest BCUT2D eigenvalue weighted by Crippen LogP contribution is 2.46. The number of carbonyl (C=O) groups excluding carboxylic acids is 2. The van der Waals surface area contributed by atoms with Gasteiger partial charge in [0.25, 0.3) is 5.91 Å². The highest BCUT2D eigenvalue weighted by atomic mass is 32.1. The number of aromatic nitrogens is 1. The zero-order chi connectivity index (χ0) is 22.7. The summed E-state index contributed by atoms with van der Waals surface area (Å²) in [5.74, 6) is 1.15. The zero-order valence-electron chi connectivity index (χ0n) is 18.3. The van der Waals surface area contributed by atoms with E-state index in [1.807, 2.05) is 18.2 Å². The molecule has 2 aliphatic rings. The Morgan fingerprint density at radius 3 is 2.82 bits per heavy atom. The van der Waals surface area contributed by atoms with Gasteiger partial charge in [0.1, 0.15) is 22.7 Å². The van der Waals surface area contributed by atoms with Gasteiger partial charge in [0, 0.05) is 10.9 Å². The van der Waals surface area contributed by atoms with E-state index >= 15 is 0 Å². The monoisotopic (exact) mass is 462 g/mol. The number of methoxy groups -OCH3 is 1. The van der Waals surface area contributed by atoms with Gasteiger partial charge in [-0.3, -0.25) is 14.9 Å². The second kappa shape index (κ2) is 7.31. The molecular weight excluding hydrogens is 440 g/mol. The van der Waals surface area contributed by atoms with Gasteiger partial charge in [-0.05, 0) is 62.9 Å². The molecule has 2 aromatic heterocycles. The summed E-state index contributed by atoms with van der Waals surface area (Å²) in [6.45, 7) is 1.80. The molecule has 3 heterocycles. The SMILES string of the molecule is COc1ccc2nc(NC(=O)c3oc4ccc5c(c4c3C)C(=O)CC3(CCCC3)O5)sc2c1. The Balaban J connectivity index is 1.35. The molecule has 8 heteroatoms. The number of ether oxygens (including phenoxy) is 2. The number of Topliss-reactive ketones (excluding diaryl/α,β-unsaturated/α-hetero) is 1. The fourth-order valence-electron chi connectivity index (χ4n) is 5.09. The van der Waals surface area contributed by atoms with Crippen molar-refractivity contribution in [1.82, 2.24) is 4.98 Å². The van der Waals surface area contributed by atoms with Gasteiger partial charge < -0.3 is 13.9 Å². The number of furan rings is 1. The molecule has 1 spiro atoms. The molecule has 0 bridgehead atoms. The largest absolute Gasteiger partial charge is 0.497 e. The van der Waals surface area contributed by atoms with Crippen LogP contribution in [-0.4, -0.2) is 29.4 Å². The van der Waals surface area contributed by atoms with E-state index in [2.05, 4.69) is 10.3 Å². The molecule has 168 valence electrons. The first-order valence-electron chi connectivity index (χ1n) is 11.0. The first-order chi connectivity index (χ1) is 16.0. The molecule has 33 heavy (non-hydrogen) atoms. The normalized spacial score (nSPS) is 16.8. The van der Waals surface area contributed by atoms with Crippen LogP contribution in [0, 0.1) is 6.92 Å². The fourth-order valence-corrected chi connectivity index (χ4v) is 5.98. The second-order valence-electron chi connectivity index (χ2n) is 8.77. The zero-order valence-corrected chi connectivity index (χ0v) is 19.1. The number of anilines is 1. The number of ketones is 1. The summed E-state index contributed by atoms with van der Waals surface area (Å²) in [5, 5.41) is 3.96. The van der Waals surface area contributed by atoms with Crippen molar-refractivity contribution in [1.29, 1.82) is 0 Å². The minimum Gasteiger partial charge on any atom is -0.497 e. The number of benzene rings is 2. The molecular formula is C25H22N2O5S. The number of fused-ring (bicyclic) bond motifs is 4. The van der Waals surface area contributed by atoms with Gasteiger partial charge >= 0.3 is 0 Å². The summed E-state index contributed by atoms with van der Waals surface area (Å²) in [7, 11) is 1.61. The summed E-state index contributed by atoms with van der Waals surface area (Å²) >= 11 is 1.36. The Labute approximate surface area is 193 Å². The molecule has 1 fully saturated rings. The molecule has 1 N–H and O–H groups in total. The molecule has 6 rings (SSSR count). The lowest BCUT2D eigenvalue weighted by molar-refractivity contribution is 0.0454. The quantitative estimate of drug-likeness (QED) is 0.408. The van der Waals surface area contributed by atoms with Gasteiger partial charge in [0.05, 0.1) is 29.3 Å². The number of hydrogen-bond acceptors (Lipinski definition) is 7. The van der Waals surface area contributed by atoms with Crippen molar-refractivity contribution in [2.75, 3.05) is 12.4 Å². The van der Waals surface area contributed by atoms with Gasteiger partial charge in [-0.1, -0.05) is 11.3 Å². The Bertz CT molecular complexity index is 1440. The fraction of sp³-hybridized carbons (Fsp3) is 0.320. The summed E-state index contributed by atoms with van der Waals surface area (Å²) in [4.78, 5) is 30.7. The molecule has 2 aromatic carbocycles. The topological polar surface area (TPSA) is 90.7 Å². The number of nitrogens with zero attached hydrogens (tertiary/aromatic N) is 1. The molecule has 4 aromatic rings. The molecule has 7 nitrogen and oxygen atoms in total. The third-order valence-corrected chi connectivity index (χ3v) is 7.62. The third-order valence-electron chi connectivity index (χ3n) is 6.68. The van der Waals surface area contributed by atoms with Crippen LogP contribution in [0.4, 0.5) is 5.13 Å². The van der Waals surface area contributed by atoms with E-state index < -0.39 is 5.91 Å². The smallest absolute Gasteiger partial charge is 0.293 e. The minimum absolute atomic E-state index is 0.0553. The lowest BCUT2D eigenvalue weighted by Gasteiger charge is -2.34. The van der Waals surface area contributed by atoms with Crippen molar-refractivity contribution >= 4 is 49.3 Å². The maximum Gasteiger partial charge on any atom is 0.293 e.